The van der Waals surface area contributed by atoms with Gasteiger partial charge in [0.25, 0.3) is 0 Å². The van der Waals surface area contributed by atoms with E-state index < -0.39 is 5.60 Å². The van der Waals surface area contributed by atoms with E-state index in [4.69, 9.17) is 0 Å². The number of nitrogens with zero attached hydrogens (tertiary/aromatic N) is 2. The van der Waals surface area contributed by atoms with E-state index in [1.54, 1.807) is 20.2 Å². The van der Waals surface area contributed by atoms with E-state index >= 15 is 0 Å². The highest BCUT2D eigenvalue weighted by Gasteiger charge is 2.28. The van der Waals surface area contributed by atoms with E-state index in [-0.39, 0.29) is 12.3 Å². The van der Waals surface area contributed by atoms with Crippen LogP contribution in [0.15, 0.2) is 41.9 Å². The van der Waals surface area contributed by atoms with Gasteiger partial charge in [0.05, 0.1) is 12.0 Å². The Hall–Kier alpha value is -1.72. The lowest BCUT2D eigenvalue weighted by atomic mass is 9.92. The van der Waals surface area contributed by atoms with E-state index in [2.05, 4.69) is 4.98 Å². The van der Waals surface area contributed by atoms with Gasteiger partial charge in [0, 0.05) is 18.6 Å². The van der Waals surface area contributed by atoms with E-state index in [1.807, 2.05) is 35.7 Å². The maximum atomic E-state index is 12.2. The van der Waals surface area contributed by atoms with Gasteiger partial charge in [-0.2, -0.15) is 0 Å². The van der Waals surface area contributed by atoms with E-state index in [0.717, 1.165) is 5.56 Å². The summed E-state index contributed by atoms with van der Waals surface area (Å²) in [5.41, 5.74) is -0.444. The van der Waals surface area contributed by atoms with Gasteiger partial charge in [-0.1, -0.05) is 30.3 Å². The predicted octanol–water partition coefficient (Wildman–Crippen LogP) is 2.40. The monoisotopic (exact) mass is 276 g/mol. The van der Waals surface area contributed by atoms with Crippen molar-refractivity contribution in [2.75, 3.05) is 11.9 Å². The van der Waals surface area contributed by atoms with Crippen molar-refractivity contribution in [3.8, 4) is 0 Å². The molecule has 0 fully saturated rings. The normalized spacial score (nSPS) is 13.8. The second kappa shape index (κ2) is 5.50. The summed E-state index contributed by atoms with van der Waals surface area (Å²) in [5, 5.41) is 12.9. The number of hydrogen-bond acceptors (Lipinski definition) is 4. The van der Waals surface area contributed by atoms with Crippen LogP contribution in [0.1, 0.15) is 18.9 Å². The lowest BCUT2D eigenvalue weighted by molar-refractivity contribution is -0.123. The zero-order valence-corrected chi connectivity index (χ0v) is 11.7. The van der Waals surface area contributed by atoms with Crippen LogP contribution >= 0.6 is 11.3 Å². The van der Waals surface area contributed by atoms with Gasteiger partial charge in [-0.3, -0.25) is 9.69 Å². The summed E-state index contributed by atoms with van der Waals surface area (Å²) >= 11 is 1.39. The Bertz CT molecular complexity index is 538. The number of anilines is 1. The molecule has 19 heavy (non-hydrogen) atoms. The maximum Gasteiger partial charge on any atom is 0.231 e. The van der Waals surface area contributed by atoms with Crippen LogP contribution < -0.4 is 4.90 Å². The first-order valence-electron chi connectivity index (χ1n) is 5.94. The molecule has 100 valence electrons. The van der Waals surface area contributed by atoms with Gasteiger partial charge >= 0.3 is 0 Å². The molecule has 0 aliphatic carbocycles. The standard InChI is InChI=1S/C14H16N2O2S/c1-14(18,11-6-4-3-5-7-11)10-12(17)16(2)13-15-8-9-19-13/h3-9,18H,10H2,1-2H3. The van der Waals surface area contributed by atoms with E-state index in [9.17, 15) is 9.90 Å². The molecular formula is C14H16N2O2S. The highest BCUT2D eigenvalue weighted by molar-refractivity contribution is 7.13. The van der Waals surface area contributed by atoms with Crippen molar-refractivity contribution < 1.29 is 9.90 Å². The molecular weight excluding hydrogens is 260 g/mol. The summed E-state index contributed by atoms with van der Waals surface area (Å²) in [6, 6.07) is 9.20. The first-order valence-corrected chi connectivity index (χ1v) is 6.82. The molecule has 1 aromatic heterocycles. The smallest absolute Gasteiger partial charge is 0.231 e. The molecule has 0 spiro atoms. The van der Waals surface area contributed by atoms with Gasteiger partial charge in [-0.15, -0.1) is 11.3 Å². The second-order valence-electron chi connectivity index (χ2n) is 4.58. The highest BCUT2D eigenvalue weighted by atomic mass is 32.1. The van der Waals surface area contributed by atoms with Crippen LogP contribution in [0, 0.1) is 0 Å². The number of aromatic nitrogens is 1. The molecule has 4 nitrogen and oxygen atoms in total. The SMILES string of the molecule is CN(C(=O)CC(C)(O)c1ccccc1)c1nccs1. The fraction of sp³-hybridized carbons (Fsp3) is 0.286. The molecule has 2 aromatic rings. The Balaban J connectivity index is 2.10. The molecule has 1 atom stereocenters. The molecule has 0 bridgehead atoms. The number of benzene rings is 1. The van der Waals surface area contributed by atoms with Crippen molar-refractivity contribution in [1.29, 1.82) is 0 Å². The van der Waals surface area contributed by atoms with Crippen LogP contribution in [0.25, 0.3) is 0 Å². The Morgan fingerprint density at radius 1 is 1.42 bits per heavy atom. The molecule has 0 saturated heterocycles. The minimum Gasteiger partial charge on any atom is -0.385 e. The molecule has 0 radical (unpaired) electrons. The lowest BCUT2D eigenvalue weighted by Gasteiger charge is -2.25. The highest BCUT2D eigenvalue weighted by Crippen LogP contribution is 2.26. The Morgan fingerprint density at radius 2 is 2.11 bits per heavy atom. The van der Waals surface area contributed by atoms with Crippen molar-refractivity contribution >= 4 is 22.4 Å². The van der Waals surface area contributed by atoms with Crippen molar-refractivity contribution in [3.63, 3.8) is 0 Å². The van der Waals surface area contributed by atoms with Gasteiger partial charge in [0.15, 0.2) is 5.13 Å². The first kappa shape index (κ1) is 13.7. The molecule has 1 amide bonds. The van der Waals surface area contributed by atoms with Crippen LogP contribution in [0.2, 0.25) is 0 Å². The molecule has 2 rings (SSSR count). The average Bonchev–Trinajstić information content (AvgIpc) is 2.92. The average molecular weight is 276 g/mol. The molecule has 1 aromatic carbocycles. The number of carbonyl (C=O) groups is 1. The lowest BCUT2D eigenvalue weighted by Crippen LogP contribution is -2.34. The molecule has 1 N–H and O–H groups in total. The Kier molecular flexibility index (Phi) is 3.97. The summed E-state index contributed by atoms with van der Waals surface area (Å²) in [4.78, 5) is 17.7. The fourth-order valence-electron chi connectivity index (χ4n) is 1.80. The van der Waals surface area contributed by atoms with Gasteiger partial charge in [-0.25, -0.2) is 4.98 Å². The van der Waals surface area contributed by atoms with Crippen molar-refractivity contribution in [3.05, 3.63) is 47.5 Å². The number of rotatable bonds is 4. The molecule has 0 aliphatic heterocycles. The van der Waals surface area contributed by atoms with Crippen LogP contribution in [0.5, 0.6) is 0 Å². The zero-order chi connectivity index (χ0) is 13.9. The number of thiazole rings is 1. The minimum absolute atomic E-state index is 0.0209. The topological polar surface area (TPSA) is 53.4 Å². The van der Waals surface area contributed by atoms with Crippen LogP contribution in [-0.2, 0) is 10.4 Å². The maximum absolute atomic E-state index is 12.2. The van der Waals surface area contributed by atoms with Crippen molar-refractivity contribution in [2.45, 2.75) is 18.9 Å². The van der Waals surface area contributed by atoms with Crippen LogP contribution in [0.4, 0.5) is 5.13 Å². The molecule has 0 saturated carbocycles. The number of carbonyl (C=O) groups excluding carboxylic acids is 1. The number of amides is 1. The molecule has 0 aliphatic rings. The largest absolute Gasteiger partial charge is 0.385 e. The number of aliphatic hydroxyl groups is 1. The van der Waals surface area contributed by atoms with Crippen molar-refractivity contribution in [2.24, 2.45) is 0 Å². The Morgan fingerprint density at radius 3 is 2.68 bits per heavy atom. The fourth-order valence-corrected chi connectivity index (χ4v) is 2.43. The predicted molar refractivity (Wildman–Crippen MR) is 76.2 cm³/mol. The minimum atomic E-state index is -1.18. The quantitative estimate of drug-likeness (QED) is 0.933. The summed E-state index contributed by atoms with van der Waals surface area (Å²) in [6.45, 7) is 1.65. The van der Waals surface area contributed by atoms with E-state index in [1.165, 1.54) is 16.2 Å². The zero-order valence-electron chi connectivity index (χ0n) is 10.9. The van der Waals surface area contributed by atoms with Gasteiger partial charge in [0.1, 0.15) is 0 Å². The first-order chi connectivity index (χ1) is 9.00. The van der Waals surface area contributed by atoms with Gasteiger partial charge in [0.2, 0.25) is 5.91 Å². The second-order valence-corrected chi connectivity index (χ2v) is 5.46. The molecule has 1 heterocycles. The number of hydrogen-bond donors (Lipinski definition) is 1. The van der Waals surface area contributed by atoms with Gasteiger partial charge in [-0.05, 0) is 12.5 Å². The third-order valence-corrected chi connectivity index (χ3v) is 3.82. The van der Waals surface area contributed by atoms with Crippen LogP contribution in [-0.4, -0.2) is 23.0 Å². The summed E-state index contributed by atoms with van der Waals surface area (Å²) in [7, 11) is 1.67. The van der Waals surface area contributed by atoms with Crippen molar-refractivity contribution in [1.82, 2.24) is 4.98 Å². The molecule has 1 unspecified atom stereocenters. The van der Waals surface area contributed by atoms with E-state index in [0.29, 0.717) is 5.13 Å². The Labute approximate surface area is 116 Å². The third kappa shape index (κ3) is 3.19. The summed E-state index contributed by atoms with van der Waals surface area (Å²) in [6.07, 6.45) is 1.67. The summed E-state index contributed by atoms with van der Waals surface area (Å²) in [5.74, 6) is -0.163. The third-order valence-electron chi connectivity index (χ3n) is 2.97. The summed E-state index contributed by atoms with van der Waals surface area (Å²) < 4.78 is 0. The molecule has 5 heteroatoms. The van der Waals surface area contributed by atoms with Crippen LogP contribution in [0.3, 0.4) is 0 Å². The van der Waals surface area contributed by atoms with Gasteiger partial charge < -0.3 is 5.11 Å².